The van der Waals surface area contributed by atoms with Gasteiger partial charge in [-0.2, -0.15) is 9.97 Å². The van der Waals surface area contributed by atoms with Crippen molar-refractivity contribution in [2.45, 2.75) is 46.2 Å². The lowest BCUT2D eigenvalue weighted by atomic mass is 10.0. The molecule has 31 heavy (non-hydrogen) atoms. The van der Waals surface area contributed by atoms with Crippen molar-refractivity contribution < 1.29 is 4.79 Å². The number of rotatable bonds is 5. The average molecular weight is 420 g/mol. The Morgan fingerprint density at radius 1 is 1.13 bits per heavy atom. The number of fused-ring (bicyclic) bond motifs is 1. The summed E-state index contributed by atoms with van der Waals surface area (Å²) in [6.07, 6.45) is 2.01. The summed E-state index contributed by atoms with van der Waals surface area (Å²) in [6.45, 7) is 8.36. The van der Waals surface area contributed by atoms with E-state index in [0.717, 1.165) is 54.8 Å². The topological polar surface area (TPSA) is 109 Å². The molecule has 8 nitrogen and oxygen atoms in total. The van der Waals surface area contributed by atoms with Gasteiger partial charge in [-0.1, -0.05) is 12.1 Å². The quantitative estimate of drug-likeness (QED) is 0.582. The molecular formula is C23H29N7O. The summed E-state index contributed by atoms with van der Waals surface area (Å²) >= 11 is 0. The van der Waals surface area contributed by atoms with Crippen molar-refractivity contribution in [1.82, 2.24) is 19.9 Å². The zero-order chi connectivity index (χ0) is 22.0. The lowest BCUT2D eigenvalue weighted by Gasteiger charge is -2.32. The summed E-state index contributed by atoms with van der Waals surface area (Å²) in [5, 5.41) is 7.08. The zero-order valence-electron chi connectivity index (χ0n) is 18.3. The molecule has 1 fully saturated rings. The number of hydrogen-bond donors (Lipinski definition) is 3. The molecule has 1 aliphatic heterocycles. The normalized spacial score (nSPS) is 15.2. The molecule has 0 spiro atoms. The molecule has 0 unspecified atom stereocenters. The number of nitrogens with two attached hydrogens (primary N) is 1. The van der Waals surface area contributed by atoms with Crippen molar-refractivity contribution in [3.63, 3.8) is 0 Å². The highest BCUT2D eigenvalue weighted by Gasteiger charge is 2.20. The molecule has 0 radical (unpaired) electrons. The third kappa shape index (κ3) is 5.08. The lowest BCUT2D eigenvalue weighted by molar-refractivity contribution is -0.114. The number of amides is 1. The standard InChI is InChI=1S/C23H29N7O/c1-14-12-15(2)25-22-20(14)21(24)28-23(29-22)27-19-8-10-30(11-9-19)13-17-4-6-18(7-5-17)26-16(3)31/h4-7,12,19H,8-11,13H2,1-3H3,(H,26,31)(H3,24,25,27,28,29). The Bertz CT molecular complexity index is 1090. The van der Waals surface area contributed by atoms with Gasteiger partial charge in [-0.05, 0) is 56.0 Å². The number of carbonyl (C=O) groups is 1. The number of aromatic nitrogens is 3. The van der Waals surface area contributed by atoms with Gasteiger partial charge in [0.1, 0.15) is 5.82 Å². The van der Waals surface area contributed by atoms with E-state index in [-0.39, 0.29) is 5.91 Å². The molecule has 162 valence electrons. The predicted octanol–water partition coefficient (Wildman–Crippen LogP) is 3.26. The summed E-state index contributed by atoms with van der Waals surface area (Å²) in [5.41, 5.74) is 10.9. The molecule has 4 rings (SSSR count). The van der Waals surface area contributed by atoms with E-state index in [1.54, 1.807) is 0 Å². The predicted molar refractivity (Wildman–Crippen MR) is 124 cm³/mol. The number of pyridine rings is 1. The minimum Gasteiger partial charge on any atom is -0.383 e. The molecule has 0 saturated carbocycles. The number of piperidine rings is 1. The van der Waals surface area contributed by atoms with Gasteiger partial charge in [-0.15, -0.1) is 0 Å². The maximum Gasteiger partial charge on any atom is 0.226 e. The first kappa shape index (κ1) is 21.0. The van der Waals surface area contributed by atoms with Crippen LogP contribution in [-0.2, 0) is 11.3 Å². The van der Waals surface area contributed by atoms with E-state index >= 15 is 0 Å². The first-order valence-corrected chi connectivity index (χ1v) is 10.6. The van der Waals surface area contributed by atoms with Crippen LogP contribution in [0, 0.1) is 13.8 Å². The van der Waals surface area contributed by atoms with Crippen LogP contribution in [0.15, 0.2) is 30.3 Å². The summed E-state index contributed by atoms with van der Waals surface area (Å²) in [6, 6.07) is 10.3. The average Bonchev–Trinajstić information content (AvgIpc) is 2.70. The van der Waals surface area contributed by atoms with Crippen LogP contribution in [0.4, 0.5) is 17.5 Å². The molecule has 4 N–H and O–H groups in total. The second kappa shape index (κ2) is 8.85. The van der Waals surface area contributed by atoms with Gasteiger partial charge in [0.15, 0.2) is 5.65 Å². The van der Waals surface area contributed by atoms with Crippen LogP contribution in [0.5, 0.6) is 0 Å². The van der Waals surface area contributed by atoms with Gasteiger partial charge in [0, 0.05) is 44.0 Å². The molecule has 3 aromatic rings. The van der Waals surface area contributed by atoms with Crippen molar-refractivity contribution in [2.24, 2.45) is 0 Å². The molecule has 0 bridgehead atoms. The number of likely N-dealkylation sites (tertiary alicyclic amines) is 1. The number of nitrogens with one attached hydrogen (secondary N) is 2. The van der Waals surface area contributed by atoms with Gasteiger partial charge in [0.2, 0.25) is 11.9 Å². The Morgan fingerprint density at radius 2 is 1.84 bits per heavy atom. The fourth-order valence-corrected chi connectivity index (χ4v) is 4.15. The van der Waals surface area contributed by atoms with Gasteiger partial charge in [-0.3, -0.25) is 9.69 Å². The van der Waals surface area contributed by atoms with Crippen LogP contribution in [0.3, 0.4) is 0 Å². The first-order chi connectivity index (χ1) is 14.9. The van der Waals surface area contributed by atoms with Crippen molar-refractivity contribution >= 4 is 34.4 Å². The molecule has 1 amide bonds. The molecule has 8 heteroatoms. The third-order valence-electron chi connectivity index (χ3n) is 5.62. The Hall–Kier alpha value is -3.26. The highest BCUT2D eigenvalue weighted by atomic mass is 16.1. The molecule has 1 aromatic carbocycles. The summed E-state index contributed by atoms with van der Waals surface area (Å²) in [4.78, 5) is 27.2. The lowest BCUT2D eigenvalue weighted by Crippen LogP contribution is -2.39. The molecular weight excluding hydrogens is 390 g/mol. The Kier molecular flexibility index (Phi) is 5.99. The van der Waals surface area contributed by atoms with Gasteiger partial charge < -0.3 is 16.4 Å². The van der Waals surface area contributed by atoms with Gasteiger partial charge in [0.25, 0.3) is 0 Å². The second-order valence-corrected chi connectivity index (χ2v) is 8.28. The monoisotopic (exact) mass is 419 g/mol. The summed E-state index contributed by atoms with van der Waals surface area (Å²) in [7, 11) is 0. The number of nitrogen functional groups attached to an aromatic ring is 1. The van der Waals surface area contributed by atoms with E-state index in [2.05, 4.69) is 42.6 Å². The Morgan fingerprint density at radius 3 is 2.52 bits per heavy atom. The van der Waals surface area contributed by atoms with Crippen LogP contribution in [0.1, 0.15) is 36.6 Å². The fraction of sp³-hybridized carbons (Fsp3) is 0.391. The van der Waals surface area contributed by atoms with Crippen LogP contribution in [0.2, 0.25) is 0 Å². The molecule has 0 aliphatic carbocycles. The SMILES string of the molecule is CC(=O)Nc1ccc(CN2CCC(Nc3nc(N)c4c(C)cc(C)nc4n3)CC2)cc1. The van der Waals surface area contributed by atoms with Crippen LogP contribution in [0.25, 0.3) is 11.0 Å². The Balaban J connectivity index is 1.34. The second-order valence-electron chi connectivity index (χ2n) is 8.28. The van der Waals surface area contributed by atoms with Crippen LogP contribution < -0.4 is 16.4 Å². The summed E-state index contributed by atoms with van der Waals surface area (Å²) in [5.74, 6) is 0.965. The van der Waals surface area contributed by atoms with E-state index < -0.39 is 0 Å². The number of carbonyl (C=O) groups excluding carboxylic acids is 1. The Labute approximate surface area is 182 Å². The van der Waals surface area contributed by atoms with Gasteiger partial charge in [-0.25, -0.2) is 4.98 Å². The van der Waals surface area contributed by atoms with Crippen LogP contribution in [-0.4, -0.2) is 44.9 Å². The van der Waals surface area contributed by atoms with Crippen LogP contribution >= 0.6 is 0 Å². The maximum absolute atomic E-state index is 11.1. The number of nitrogens with zero attached hydrogens (tertiary/aromatic N) is 4. The first-order valence-electron chi connectivity index (χ1n) is 10.6. The fourth-order valence-electron chi connectivity index (χ4n) is 4.15. The molecule has 1 saturated heterocycles. The van der Waals surface area contributed by atoms with Gasteiger partial charge >= 0.3 is 0 Å². The summed E-state index contributed by atoms with van der Waals surface area (Å²) < 4.78 is 0. The zero-order valence-corrected chi connectivity index (χ0v) is 18.3. The molecule has 3 heterocycles. The number of hydrogen-bond acceptors (Lipinski definition) is 7. The highest BCUT2D eigenvalue weighted by molar-refractivity contribution is 5.89. The van der Waals surface area contributed by atoms with E-state index in [0.29, 0.717) is 23.5 Å². The van der Waals surface area contributed by atoms with Crippen molar-refractivity contribution in [2.75, 3.05) is 29.5 Å². The smallest absolute Gasteiger partial charge is 0.226 e. The van der Waals surface area contributed by atoms with Crippen molar-refractivity contribution in [3.8, 4) is 0 Å². The maximum atomic E-state index is 11.1. The minimum atomic E-state index is -0.0551. The minimum absolute atomic E-state index is 0.0551. The van der Waals surface area contributed by atoms with E-state index in [9.17, 15) is 4.79 Å². The van der Waals surface area contributed by atoms with E-state index in [4.69, 9.17) is 5.73 Å². The third-order valence-corrected chi connectivity index (χ3v) is 5.62. The molecule has 0 atom stereocenters. The number of aryl methyl sites for hydroxylation is 2. The highest BCUT2D eigenvalue weighted by Crippen LogP contribution is 2.24. The van der Waals surface area contributed by atoms with E-state index in [1.807, 2.05) is 32.0 Å². The van der Waals surface area contributed by atoms with E-state index in [1.165, 1.54) is 12.5 Å². The van der Waals surface area contributed by atoms with Crippen molar-refractivity contribution in [3.05, 3.63) is 47.2 Å². The van der Waals surface area contributed by atoms with Crippen molar-refractivity contribution in [1.29, 1.82) is 0 Å². The molecule has 2 aromatic heterocycles. The largest absolute Gasteiger partial charge is 0.383 e. The van der Waals surface area contributed by atoms with Gasteiger partial charge in [0.05, 0.1) is 5.39 Å². The number of anilines is 3. The molecule has 1 aliphatic rings. The number of benzene rings is 1.